The lowest BCUT2D eigenvalue weighted by atomic mass is 9.67. The lowest BCUT2D eigenvalue weighted by Crippen LogP contribution is -2.47. The van der Waals surface area contributed by atoms with Crippen LogP contribution in [0.1, 0.15) is 59.2 Å². The van der Waals surface area contributed by atoms with Gasteiger partial charge in [-0.2, -0.15) is 5.10 Å². The van der Waals surface area contributed by atoms with E-state index < -0.39 is 0 Å². The molecule has 1 aliphatic rings. The molecule has 0 amide bonds. The second-order valence-corrected chi connectivity index (χ2v) is 7.17. The number of hydrogen-bond acceptors (Lipinski definition) is 3. The number of rotatable bonds is 3. The first-order valence-electron chi connectivity index (χ1n) is 7.50. The molecule has 108 valence electrons. The summed E-state index contributed by atoms with van der Waals surface area (Å²) in [6.45, 7) is 9.99. The molecule has 0 saturated heterocycles. The molecule has 1 aliphatic carbocycles. The van der Waals surface area contributed by atoms with Gasteiger partial charge in [0.2, 0.25) is 0 Å². The van der Waals surface area contributed by atoms with Crippen molar-refractivity contribution >= 4 is 0 Å². The van der Waals surface area contributed by atoms with E-state index in [0.29, 0.717) is 5.41 Å². The summed E-state index contributed by atoms with van der Waals surface area (Å²) in [4.78, 5) is 4.37. The minimum atomic E-state index is -0.0816. The average molecular weight is 264 g/mol. The molecule has 0 atom stereocenters. The van der Waals surface area contributed by atoms with Crippen molar-refractivity contribution in [3.8, 4) is 0 Å². The van der Waals surface area contributed by atoms with Crippen molar-refractivity contribution in [2.75, 3.05) is 0 Å². The van der Waals surface area contributed by atoms with E-state index >= 15 is 0 Å². The summed E-state index contributed by atoms with van der Waals surface area (Å²) < 4.78 is 1.96. The predicted octanol–water partition coefficient (Wildman–Crippen LogP) is 2.77. The summed E-state index contributed by atoms with van der Waals surface area (Å²) in [7, 11) is 0. The Hall–Kier alpha value is -0.900. The number of nitrogens with two attached hydrogens (primary N) is 1. The molecule has 1 aromatic heterocycles. The van der Waals surface area contributed by atoms with E-state index in [1.165, 1.54) is 12.8 Å². The first-order valence-corrected chi connectivity index (χ1v) is 7.50. The number of aryl methyl sites for hydroxylation is 1. The van der Waals surface area contributed by atoms with Gasteiger partial charge in [0.05, 0.1) is 0 Å². The smallest absolute Gasteiger partial charge is 0.138 e. The maximum absolute atomic E-state index is 6.60. The maximum atomic E-state index is 6.60. The number of nitrogens with zero attached hydrogens (tertiary/aromatic N) is 3. The van der Waals surface area contributed by atoms with Gasteiger partial charge in [-0.05, 0) is 43.9 Å². The Morgan fingerprint density at radius 3 is 2.53 bits per heavy atom. The highest BCUT2D eigenvalue weighted by atomic mass is 15.3. The van der Waals surface area contributed by atoms with E-state index in [0.717, 1.165) is 37.5 Å². The van der Waals surface area contributed by atoms with Crippen LogP contribution in [-0.4, -0.2) is 20.3 Å². The number of hydrogen-bond donors (Lipinski definition) is 1. The standard InChI is InChI=1S/C15H28N4/c1-5-19-13(17-11-18-19)10-15(16)8-6-12(7-9-15)14(2,3)4/h11-12H,5-10,16H2,1-4H3. The Kier molecular flexibility index (Phi) is 4.00. The molecule has 0 aromatic carbocycles. The number of aromatic nitrogens is 3. The monoisotopic (exact) mass is 264 g/mol. The molecular formula is C15H28N4. The van der Waals surface area contributed by atoms with Crippen molar-refractivity contribution in [2.45, 2.75) is 71.9 Å². The Morgan fingerprint density at radius 1 is 1.37 bits per heavy atom. The van der Waals surface area contributed by atoms with Crippen molar-refractivity contribution in [1.29, 1.82) is 0 Å². The zero-order valence-electron chi connectivity index (χ0n) is 12.8. The third-order valence-electron chi connectivity index (χ3n) is 4.71. The minimum absolute atomic E-state index is 0.0816. The van der Waals surface area contributed by atoms with Crippen LogP contribution in [-0.2, 0) is 13.0 Å². The van der Waals surface area contributed by atoms with E-state index in [4.69, 9.17) is 5.73 Å². The molecule has 0 bridgehead atoms. The topological polar surface area (TPSA) is 56.7 Å². The Bertz CT molecular complexity index is 408. The summed E-state index contributed by atoms with van der Waals surface area (Å²) >= 11 is 0. The molecule has 2 rings (SSSR count). The molecule has 1 heterocycles. The van der Waals surface area contributed by atoms with Gasteiger partial charge < -0.3 is 5.73 Å². The fourth-order valence-electron chi connectivity index (χ4n) is 3.24. The Labute approximate surface area is 116 Å². The van der Waals surface area contributed by atoms with Crippen molar-refractivity contribution in [1.82, 2.24) is 14.8 Å². The van der Waals surface area contributed by atoms with Gasteiger partial charge in [0, 0.05) is 18.5 Å². The van der Waals surface area contributed by atoms with Gasteiger partial charge in [-0.3, -0.25) is 4.68 Å². The second kappa shape index (κ2) is 5.23. The highest BCUT2D eigenvalue weighted by Crippen LogP contribution is 2.41. The minimum Gasteiger partial charge on any atom is -0.325 e. The third-order valence-corrected chi connectivity index (χ3v) is 4.71. The van der Waals surface area contributed by atoms with Crippen LogP contribution in [0.5, 0.6) is 0 Å². The summed E-state index contributed by atoms with van der Waals surface area (Å²) in [5, 5.41) is 4.24. The van der Waals surface area contributed by atoms with E-state index in [-0.39, 0.29) is 5.54 Å². The molecule has 19 heavy (non-hydrogen) atoms. The molecule has 1 saturated carbocycles. The van der Waals surface area contributed by atoms with Gasteiger partial charge in [0.25, 0.3) is 0 Å². The lowest BCUT2D eigenvalue weighted by Gasteiger charge is -2.42. The first-order chi connectivity index (χ1) is 8.84. The van der Waals surface area contributed by atoms with Crippen molar-refractivity contribution in [2.24, 2.45) is 17.1 Å². The van der Waals surface area contributed by atoms with Gasteiger partial charge in [0.1, 0.15) is 12.2 Å². The molecule has 4 heteroatoms. The molecule has 4 nitrogen and oxygen atoms in total. The first kappa shape index (κ1) is 14.5. The molecule has 2 N–H and O–H groups in total. The van der Waals surface area contributed by atoms with Crippen molar-refractivity contribution in [3.63, 3.8) is 0 Å². The zero-order chi connectivity index (χ0) is 14.1. The fourth-order valence-corrected chi connectivity index (χ4v) is 3.24. The summed E-state index contributed by atoms with van der Waals surface area (Å²) in [5.41, 5.74) is 6.92. The highest BCUT2D eigenvalue weighted by molar-refractivity contribution is 5.00. The van der Waals surface area contributed by atoms with Gasteiger partial charge >= 0.3 is 0 Å². The molecule has 0 spiro atoms. The van der Waals surface area contributed by atoms with Crippen molar-refractivity contribution in [3.05, 3.63) is 12.2 Å². The molecule has 0 radical (unpaired) electrons. The van der Waals surface area contributed by atoms with Crippen LogP contribution in [0.4, 0.5) is 0 Å². The van der Waals surface area contributed by atoms with Crippen LogP contribution < -0.4 is 5.73 Å². The van der Waals surface area contributed by atoms with Gasteiger partial charge in [-0.1, -0.05) is 20.8 Å². The maximum Gasteiger partial charge on any atom is 0.138 e. The molecule has 1 aromatic rings. The van der Waals surface area contributed by atoms with Gasteiger partial charge in [-0.25, -0.2) is 4.98 Å². The third kappa shape index (κ3) is 3.35. The van der Waals surface area contributed by atoms with Crippen LogP contribution in [0, 0.1) is 11.3 Å². The van der Waals surface area contributed by atoms with Gasteiger partial charge in [0.15, 0.2) is 0 Å². The second-order valence-electron chi connectivity index (χ2n) is 7.17. The van der Waals surface area contributed by atoms with E-state index in [2.05, 4.69) is 37.8 Å². The van der Waals surface area contributed by atoms with Crippen LogP contribution in [0.15, 0.2) is 6.33 Å². The quantitative estimate of drug-likeness (QED) is 0.913. The fraction of sp³-hybridized carbons (Fsp3) is 0.867. The van der Waals surface area contributed by atoms with Crippen LogP contribution in [0.2, 0.25) is 0 Å². The normalized spacial score (nSPS) is 28.6. The van der Waals surface area contributed by atoms with Crippen LogP contribution in [0.3, 0.4) is 0 Å². The van der Waals surface area contributed by atoms with Crippen LogP contribution >= 0.6 is 0 Å². The lowest BCUT2D eigenvalue weighted by molar-refractivity contribution is 0.132. The van der Waals surface area contributed by atoms with E-state index in [9.17, 15) is 0 Å². The van der Waals surface area contributed by atoms with Crippen LogP contribution in [0.25, 0.3) is 0 Å². The summed E-state index contributed by atoms with van der Waals surface area (Å²) in [6, 6.07) is 0. The summed E-state index contributed by atoms with van der Waals surface area (Å²) in [6.07, 6.45) is 7.18. The van der Waals surface area contributed by atoms with Crippen molar-refractivity contribution < 1.29 is 0 Å². The highest BCUT2D eigenvalue weighted by Gasteiger charge is 2.37. The molecular weight excluding hydrogens is 236 g/mol. The Balaban J connectivity index is 1.99. The average Bonchev–Trinajstić information content (AvgIpc) is 2.75. The zero-order valence-corrected chi connectivity index (χ0v) is 12.8. The SMILES string of the molecule is CCn1ncnc1CC1(N)CCC(C(C)(C)C)CC1. The summed E-state index contributed by atoms with van der Waals surface area (Å²) in [5.74, 6) is 1.84. The predicted molar refractivity (Wildman–Crippen MR) is 77.7 cm³/mol. The molecule has 1 fully saturated rings. The van der Waals surface area contributed by atoms with Gasteiger partial charge in [-0.15, -0.1) is 0 Å². The Morgan fingerprint density at radius 2 is 2.00 bits per heavy atom. The molecule has 0 aliphatic heterocycles. The largest absolute Gasteiger partial charge is 0.325 e. The molecule has 0 unspecified atom stereocenters. The van der Waals surface area contributed by atoms with E-state index in [1.54, 1.807) is 6.33 Å². The van der Waals surface area contributed by atoms with E-state index in [1.807, 2.05) is 4.68 Å².